The van der Waals surface area contributed by atoms with Crippen molar-refractivity contribution in [1.82, 2.24) is 15.1 Å². The highest BCUT2D eigenvalue weighted by atomic mass is 35.5. The lowest BCUT2D eigenvalue weighted by Gasteiger charge is -2.42. The van der Waals surface area contributed by atoms with Crippen LogP contribution in [-0.2, 0) is 27.2 Å². The van der Waals surface area contributed by atoms with Crippen LogP contribution < -0.4 is 11.1 Å². The zero-order valence-corrected chi connectivity index (χ0v) is 21.2. The summed E-state index contributed by atoms with van der Waals surface area (Å²) >= 11 is 5.94. The highest BCUT2D eigenvalue weighted by Gasteiger charge is 2.40. The second-order valence-corrected chi connectivity index (χ2v) is 9.63. The number of hydrogen-bond donors (Lipinski definition) is 2. The van der Waals surface area contributed by atoms with E-state index < -0.39 is 18.1 Å². The van der Waals surface area contributed by atoms with Crippen LogP contribution in [0.15, 0.2) is 66.7 Å². The number of benzene rings is 3. The summed E-state index contributed by atoms with van der Waals surface area (Å²) in [6.07, 6.45) is 0.729. The molecule has 1 aliphatic rings. The number of likely N-dealkylation sites (N-methyl/N-ethyl adjacent to an activating group) is 1. The van der Waals surface area contributed by atoms with Crippen molar-refractivity contribution in [3.63, 3.8) is 0 Å². The lowest BCUT2D eigenvalue weighted by Crippen LogP contribution is -2.64. The molecule has 0 saturated carbocycles. The first kappa shape index (κ1) is 25.7. The Balaban J connectivity index is 1.47. The summed E-state index contributed by atoms with van der Waals surface area (Å²) in [4.78, 5) is 42.5. The zero-order valence-electron chi connectivity index (χ0n) is 20.5. The smallest absolute Gasteiger partial charge is 0.245 e. The number of nitrogens with one attached hydrogen (secondary N) is 1. The summed E-state index contributed by atoms with van der Waals surface area (Å²) < 4.78 is 0. The van der Waals surface area contributed by atoms with Crippen LogP contribution in [-0.4, -0.2) is 65.8 Å². The topological polar surface area (TPSA) is 95.7 Å². The monoisotopic (exact) mass is 506 g/mol. The molecule has 8 heteroatoms. The van der Waals surface area contributed by atoms with Gasteiger partial charge in [-0.25, -0.2) is 0 Å². The Labute approximate surface area is 216 Å². The molecule has 0 unspecified atom stereocenters. The van der Waals surface area contributed by atoms with Gasteiger partial charge in [-0.1, -0.05) is 66.2 Å². The van der Waals surface area contributed by atoms with Crippen molar-refractivity contribution in [2.45, 2.75) is 37.9 Å². The van der Waals surface area contributed by atoms with Gasteiger partial charge in [-0.2, -0.15) is 0 Å². The molecule has 188 valence electrons. The van der Waals surface area contributed by atoms with Gasteiger partial charge in [0, 0.05) is 31.6 Å². The van der Waals surface area contributed by atoms with E-state index in [0.29, 0.717) is 24.4 Å². The van der Waals surface area contributed by atoms with Crippen LogP contribution in [0.1, 0.15) is 18.1 Å². The lowest BCUT2D eigenvalue weighted by molar-refractivity contribution is -0.155. The second-order valence-electron chi connectivity index (χ2n) is 9.19. The maximum absolute atomic E-state index is 13.4. The maximum Gasteiger partial charge on any atom is 0.245 e. The minimum atomic E-state index is -0.777. The first-order chi connectivity index (χ1) is 17.3. The highest BCUT2D eigenvalue weighted by Crippen LogP contribution is 2.22. The largest absolute Gasteiger partial charge is 0.357 e. The molecule has 7 nitrogen and oxygen atoms in total. The van der Waals surface area contributed by atoms with Crippen molar-refractivity contribution < 1.29 is 14.4 Å². The van der Waals surface area contributed by atoms with E-state index in [2.05, 4.69) is 11.4 Å². The third kappa shape index (κ3) is 5.53. The Bertz CT molecular complexity index is 1260. The first-order valence-corrected chi connectivity index (χ1v) is 12.5. The molecule has 1 saturated heterocycles. The quantitative estimate of drug-likeness (QED) is 0.515. The number of nitrogens with zero attached hydrogens (tertiary/aromatic N) is 2. The van der Waals surface area contributed by atoms with Crippen molar-refractivity contribution in [3.05, 3.63) is 82.9 Å². The SMILES string of the molecule is CNC(=O)[C@H](Cc1ccc2ccccc2c1)N1CCN(C(=O)[C@H](N)Cc2ccc(Cl)cc2)[C@@H](C)C1=O. The molecular formula is C28H31ClN4O3. The fourth-order valence-electron chi connectivity index (χ4n) is 4.78. The molecule has 0 bridgehead atoms. The molecule has 3 N–H and O–H groups in total. The Morgan fingerprint density at radius 2 is 1.67 bits per heavy atom. The van der Waals surface area contributed by atoms with Gasteiger partial charge in [0.05, 0.1) is 6.04 Å². The van der Waals surface area contributed by atoms with Crippen molar-refractivity contribution in [1.29, 1.82) is 0 Å². The molecule has 0 radical (unpaired) electrons. The van der Waals surface area contributed by atoms with Crippen LogP contribution in [0.25, 0.3) is 10.8 Å². The molecule has 0 aromatic heterocycles. The van der Waals surface area contributed by atoms with E-state index in [1.807, 2.05) is 48.5 Å². The molecule has 4 rings (SSSR count). The number of amides is 3. The molecule has 3 aromatic rings. The molecule has 3 atom stereocenters. The van der Waals surface area contributed by atoms with Crippen LogP contribution in [0, 0.1) is 0 Å². The Hall–Kier alpha value is -3.42. The van der Waals surface area contributed by atoms with Crippen LogP contribution >= 0.6 is 11.6 Å². The van der Waals surface area contributed by atoms with Gasteiger partial charge in [-0.15, -0.1) is 0 Å². The van der Waals surface area contributed by atoms with E-state index in [0.717, 1.165) is 21.9 Å². The summed E-state index contributed by atoms with van der Waals surface area (Å²) in [5, 5.41) is 5.50. The van der Waals surface area contributed by atoms with Crippen molar-refractivity contribution in [2.75, 3.05) is 20.1 Å². The Morgan fingerprint density at radius 1 is 1.00 bits per heavy atom. The molecule has 3 aromatic carbocycles. The van der Waals surface area contributed by atoms with E-state index in [1.54, 1.807) is 31.0 Å². The zero-order chi connectivity index (χ0) is 25.8. The van der Waals surface area contributed by atoms with Crippen molar-refractivity contribution >= 4 is 40.1 Å². The summed E-state index contributed by atoms with van der Waals surface area (Å²) in [5.41, 5.74) is 8.08. The predicted octanol–water partition coefficient (Wildman–Crippen LogP) is 2.78. The first-order valence-electron chi connectivity index (χ1n) is 12.1. The minimum absolute atomic E-state index is 0.233. The molecular weight excluding hydrogens is 476 g/mol. The molecule has 0 spiro atoms. The molecule has 1 heterocycles. The standard InChI is InChI=1S/C28H31ClN4O3/c1-18-27(35)33(14-13-32(18)28(36)24(30)16-19-8-11-23(29)12-9-19)25(26(34)31-2)17-20-7-10-21-5-3-4-6-22(21)15-20/h3-12,15,18,24-25H,13-14,16-17,30H2,1-2H3,(H,31,34)/t18-,24+,25-/m0/s1. The van der Waals surface area contributed by atoms with Gasteiger partial charge in [-0.05, 0) is 47.4 Å². The summed E-state index contributed by atoms with van der Waals surface area (Å²) in [6, 6.07) is 19.1. The summed E-state index contributed by atoms with van der Waals surface area (Å²) in [5.74, 6) is -0.776. The highest BCUT2D eigenvalue weighted by molar-refractivity contribution is 6.30. The van der Waals surface area contributed by atoms with Gasteiger partial charge >= 0.3 is 0 Å². The number of piperazine rings is 1. The molecule has 1 fully saturated rings. The second kappa shape index (κ2) is 11.1. The predicted molar refractivity (Wildman–Crippen MR) is 142 cm³/mol. The van der Waals surface area contributed by atoms with E-state index >= 15 is 0 Å². The fraction of sp³-hybridized carbons (Fsp3) is 0.321. The molecule has 36 heavy (non-hydrogen) atoms. The van der Waals surface area contributed by atoms with E-state index in [4.69, 9.17) is 17.3 Å². The summed E-state index contributed by atoms with van der Waals surface area (Å²) in [7, 11) is 1.57. The number of halogens is 1. The number of carbonyl (C=O) groups excluding carboxylic acids is 3. The molecule has 1 aliphatic heterocycles. The average Bonchev–Trinajstić information content (AvgIpc) is 2.89. The third-order valence-electron chi connectivity index (χ3n) is 6.83. The van der Waals surface area contributed by atoms with E-state index in [9.17, 15) is 14.4 Å². The fourth-order valence-corrected chi connectivity index (χ4v) is 4.90. The number of nitrogens with two attached hydrogens (primary N) is 1. The average molecular weight is 507 g/mol. The lowest BCUT2D eigenvalue weighted by atomic mass is 9.98. The Kier molecular flexibility index (Phi) is 7.91. The number of fused-ring (bicyclic) bond motifs is 1. The molecule has 0 aliphatic carbocycles. The van der Waals surface area contributed by atoms with Crippen LogP contribution in [0.5, 0.6) is 0 Å². The number of hydrogen-bond acceptors (Lipinski definition) is 4. The Morgan fingerprint density at radius 3 is 2.36 bits per heavy atom. The van der Waals surface area contributed by atoms with E-state index in [1.165, 1.54) is 4.90 Å². The van der Waals surface area contributed by atoms with Gasteiger partial charge in [0.15, 0.2) is 0 Å². The van der Waals surface area contributed by atoms with Gasteiger partial charge in [-0.3, -0.25) is 14.4 Å². The number of carbonyl (C=O) groups is 3. The maximum atomic E-state index is 13.4. The van der Waals surface area contributed by atoms with Crippen molar-refractivity contribution in [3.8, 4) is 0 Å². The van der Waals surface area contributed by atoms with Crippen LogP contribution in [0.4, 0.5) is 0 Å². The third-order valence-corrected chi connectivity index (χ3v) is 7.08. The summed E-state index contributed by atoms with van der Waals surface area (Å²) in [6.45, 7) is 2.26. The minimum Gasteiger partial charge on any atom is -0.357 e. The van der Waals surface area contributed by atoms with Crippen molar-refractivity contribution in [2.24, 2.45) is 5.73 Å². The van der Waals surface area contributed by atoms with Gasteiger partial charge in [0.25, 0.3) is 0 Å². The number of rotatable bonds is 7. The van der Waals surface area contributed by atoms with Gasteiger partial charge < -0.3 is 20.9 Å². The van der Waals surface area contributed by atoms with Gasteiger partial charge in [0.2, 0.25) is 17.7 Å². The normalized spacial score (nSPS) is 17.7. The molecule has 3 amide bonds. The van der Waals surface area contributed by atoms with E-state index in [-0.39, 0.29) is 24.3 Å². The van der Waals surface area contributed by atoms with Crippen LogP contribution in [0.2, 0.25) is 5.02 Å². The van der Waals surface area contributed by atoms with Crippen LogP contribution in [0.3, 0.4) is 0 Å². The van der Waals surface area contributed by atoms with Gasteiger partial charge in [0.1, 0.15) is 12.1 Å².